The van der Waals surface area contributed by atoms with E-state index in [1.54, 1.807) is 72.6 Å². The number of likely N-dealkylation sites (N-methyl/N-ethyl adjacent to an activating group) is 2. The first-order valence-corrected chi connectivity index (χ1v) is 19.7. The minimum atomic E-state index is -0.453. The highest BCUT2D eigenvalue weighted by molar-refractivity contribution is 6.21. The van der Waals surface area contributed by atoms with Gasteiger partial charge in [-0.2, -0.15) is 0 Å². The Morgan fingerprint density at radius 3 is 2.07 bits per heavy atom. The number of para-hydroxylation sites is 1. The van der Waals surface area contributed by atoms with E-state index in [2.05, 4.69) is 17.3 Å². The third-order valence-corrected chi connectivity index (χ3v) is 10.8. The summed E-state index contributed by atoms with van der Waals surface area (Å²) in [7, 11) is 5.31. The van der Waals surface area contributed by atoms with E-state index in [9.17, 15) is 24.0 Å². The van der Waals surface area contributed by atoms with Crippen LogP contribution in [0.4, 0.5) is 5.69 Å². The lowest BCUT2D eigenvalue weighted by molar-refractivity contribution is 0.0641. The smallest absolute Gasteiger partial charge is 0.261 e. The van der Waals surface area contributed by atoms with E-state index in [0.29, 0.717) is 77.5 Å². The van der Waals surface area contributed by atoms with Crippen molar-refractivity contribution in [1.82, 2.24) is 19.6 Å². The van der Waals surface area contributed by atoms with Gasteiger partial charge in [0.1, 0.15) is 5.75 Å². The van der Waals surface area contributed by atoms with Gasteiger partial charge in [-0.1, -0.05) is 66.7 Å². The highest BCUT2D eigenvalue weighted by Gasteiger charge is 2.34. The number of nitrogens with one attached hydrogen (secondary N) is 1. The maximum absolute atomic E-state index is 14.1. The fourth-order valence-electron chi connectivity index (χ4n) is 7.39. The number of carbonyl (C=O) groups is 5. The number of nitrogens with zero attached hydrogens (tertiary/aromatic N) is 4. The van der Waals surface area contributed by atoms with Gasteiger partial charge in [-0.05, 0) is 79.5 Å². The summed E-state index contributed by atoms with van der Waals surface area (Å²) in [6, 6.07) is 33.9. The molecule has 12 nitrogen and oxygen atoms in total. The lowest BCUT2D eigenvalue weighted by Gasteiger charge is -2.32. The first kappa shape index (κ1) is 40.4. The number of methoxy groups -OCH3 is 1. The van der Waals surface area contributed by atoms with Gasteiger partial charge in [0.15, 0.2) is 5.75 Å². The molecular formula is C47H47N5O7. The molecule has 0 aromatic heterocycles. The van der Waals surface area contributed by atoms with Crippen molar-refractivity contribution in [2.24, 2.45) is 0 Å². The van der Waals surface area contributed by atoms with Gasteiger partial charge in [0.25, 0.3) is 29.5 Å². The van der Waals surface area contributed by atoms with Gasteiger partial charge in [-0.3, -0.25) is 28.9 Å². The molecule has 5 amide bonds. The molecule has 7 rings (SSSR count). The third kappa shape index (κ3) is 8.87. The highest BCUT2D eigenvalue weighted by Crippen LogP contribution is 2.40. The van der Waals surface area contributed by atoms with Gasteiger partial charge >= 0.3 is 0 Å². The Bertz CT molecular complexity index is 2320. The van der Waals surface area contributed by atoms with Crippen molar-refractivity contribution in [3.63, 3.8) is 0 Å². The standard InChI is InChI=1S/C47H47N5O7/c1-49-27-29-51(30-28-49)44(54)34-20-18-32(19-21-34)24-26-50(2)45(55)38-22-23-39(42(58-3)41(38)33-12-5-4-6-13-33)48-43(53)37-16-9-10-17-40(37)59-31-11-25-52-46(56)35-14-7-8-15-36(35)47(52)57/h4-10,12-23H,11,24-31H2,1-3H3,(H,48,53). The highest BCUT2D eigenvalue weighted by atomic mass is 16.5. The fourth-order valence-corrected chi connectivity index (χ4v) is 7.39. The molecule has 12 heteroatoms. The summed E-state index contributed by atoms with van der Waals surface area (Å²) in [5, 5.41) is 2.97. The minimum Gasteiger partial charge on any atom is -0.494 e. The average Bonchev–Trinajstić information content (AvgIpc) is 3.51. The molecule has 0 bridgehead atoms. The molecule has 0 unspecified atom stereocenters. The summed E-state index contributed by atoms with van der Waals surface area (Å²) in [5.41, 5.74) is 4.76. The molecule has 1 saturated heterocycles. The van der Waals surface area contributed by atoms with Gasteiger partial charge in [0.2, 0.25) is 0 Å². The van der Waals surface area contributed by atoms with E-state index in [-0.39, 0.29) is 42.3 Å². The van der Waals surface area contributed by atoms with E-state index in [0.717, 1.165) is 24.2 Å². The first-order chi connectivity index (χ1) is 28.6. The monoisotopic (exact) mass is 793 g/mol. The molecule has 302 valence electrons. The molecule has 0 aliphatic carbocycles. The molecule has 0 spiro atoms. The van der Waals surface area contributed by atoms with Crippen LogP contribution in [0.1, 0.15) is 63.8 Å². The topological polar surface area (TPSA) is 129 Å². The largest absolute Gasteiger partial charge is 0.494 e. The van der Waals surface area contributed by atoms with E-state index in [1.807, 2.05) is 59.5 Å². The Kier molecular flexibility index (Phi) is 12.5. The summed E-state index contributed by atoms with van der Waals surface area (Å²) in [5.74, 6) is -0.640. The van der Waals surface area contributed by atoms with Crippen molar-refractivity contribution in [2.45, 2.75) is 12.8 Å². The normalized spacial score (nSPS) is 13.9. The molecule has 5 aromatic rings. The fraction of sp³-hybridized carbons (Fsp3) is 0.255. The molecule has 2 heterocycles. The second-order valence-corrected chi connectivity index (χ2v) is 14.7. The second-order valence-electron chi connectivity index (χ2n) is 14.7. The molecule has 59 heavy (non-hydrogen) atoms. The summed E-state index contributed by atoms with van der Waals surface area (Å²) >= 11 is 0. The molecule has 2 aliphatic rings. The molecule has 1 fully saturated rings. The Morgan fingerprint density at radius 2 is 1.39 bits per heavy atom. The summed E-state index contributed by atoms with van der Waals surface area (Å²) in [4.78, 5) is 73.6. The van der Waals surface area contributed by atoms with Gasteiger partial charge in [-0.15, -0.1) is 0 Å². The van der Waals surface area contributed by atoms with Crippen LogP contribution in [-0.2, 0) is 6.42 Å². The lowest BCUT2D eigenvalue weighted by atomic mass is 9.96. The molecule has 2 aliphatic heterocycles. The van der Waals surface area contributed by atoms with Crippen molar-refractivity contribution in [2.75, 3.05) is 72.4 Å². The van der Waals surface area contributed by atoms with E-state index < -0.39 is 5.91 Å². The zero-order valence-corrected chi connectivity index (χ0v) is 33.5. The molecular weight excluding hydrogens is 747 g/mol. The van der Waals surface area contributed by atoms with Crippen LogP contribution in [0.2, 0.25) is 0 Å². The maximum atomic E-state index is 14.1. The molecule has 0 radical (unpaired) electrons. The molecule has 5 aromatic carbocycles. The van der Waals surface area contributed by atoms with Gasteiger partial charge < -0.3 is 29.5 Å². The van der Waals surface area contributed by atoms with E-state index >= 15 is 0 Å². The summed E-state index contributed by atoms with van der Waals surface area (Å²) < 4.78 is 12.0. The minimum absolute atomic E-state index is 0.0336. The molecule has 0 atom stereocenters. The van der Waals surface area contributed by atoms with Crippen molar-refractivity contribution in [1.29, 1.82) is 0 Å². The second kappa shape index (κ2) is 18.2. The predicted octanol–water partition coefficient (Wildman–Crippen LogP) is 6.38. The van der Waals surface area contributed by atoms with Crippen LogP contribution in [0.25, 0.3) is 11.1 Å². The van der Waals surface area contributed by atoms with Crippen LogP contribution < -0.4 is 14.8 Å². The molecule has 1 N–H and O–H groups in total. The Labute approximate surface area is 343 Å². The van der Waals surface area contributed by atoms with Crippen LogP contribution in [0, 0.1) is 0 Å². The van der Waals surface area contributed by atoms with Crippen LogP contribution in [-0.4, -0.2) is 116 Å². The number of ether oxygens (including phenoxy) is 2. The Hall–Kier alpha value is -6.79. The van der Waals surface area contributed by atoms with Crippen molar-refractivity contribution < 1.29 is 33.4 Å². The van der Waals surface area contributed by atoms with Gasteiger partial charge in [0, 0.05) is 57.4 Å². The SMILES string of the molecule is COc1c(NC(=O)c2ccccc2OCCCN2C(=O)c3ccccc3C2=O)ccc(C(=O)N(C)CCc2ccc(C(=O)N3CCN(C)CC3)cc2)c1-c1ccccc1. The quantitative estimate of drug-likeness (QED) is 0.101. The number of fused-ring (bicyclic) bond motifs is 1. The maximum Gasteiger partial charge on any atom is 0.261 e. The number of benzene rings is 5. The zero-order chi connectivity index (χ0) is 41.5. The Morgan fingerprint density at radius 1 is 0.746 bits per heavy atom. The van der Waals surface area contributed by atoms with E-state index in [4.69, 9.17) is 9.47 Å². The van der Waals surface area contributed by atoms with Crippen LogP contribution in [0.15, 0.2) is 115 Å². The Balaban J connectivity index is 1.02. The number of anilines is 1. The van der Waals surface area contributed by atoms with Gasteiger partial charge in [-0.25, -0.2) is 0 Å². The molecule has 0 saturated carbocycles. The zero-order valence-electron chi connectivity index (χ0n) is 33.5. The third-order valence-electron chi connectivity index (χ3n) is 10.8. The van der Waals surface area contributed by atoms with Crippen molar-refractivity contribution >= 4 is 35.2 Å². The van der Waals surface area contributed by atoms with Crippen LogP contribution in [0.3, 0.4) is 0 Å². The van der Waals surface area contributed by atoms with Crippen LogP contribution >= 0.6 is 0 Å². The number of imide groups is 1. The predicted molar refractivity (Wildman–Crippen MR) is 225 cm³/mol. The summed E-state index contributed by atoms with van der Waals surface area (Å²) in [6.07, 6.45) is 0.950. The van der Waals surface area contributed by atoms with Crippen molar-refractivity contribution in [3.8, 4) is 22.6 Å². The first-order valence-electron chi connectivity index (χ1n) is 19.7. The number of rotatable bonds is 14. The number of amides is 5. The van der Waals surface area contributed by atoms with E-state index in [1.165, 1.54) is 12.0 Å². The van der Waals surface area contributed by atoms with Gasteiger partial charge in [0.05, 0.1) is 41.7 Å². The number of hydrogen-bond acceptors (Lipinski definition) is 8. The average molecular weight is 794 g/mol. The number of carbonyl (C=O) groups excluding carboxylic acids is 5. The number of piperazine rings is 1. The van der Waals surface area contributed by atoms with Crippen molar-refractivity contribution in [3.05, 3.63) is 149 Å². The summed E-state index contributed by atoms with van der Waals surface area (Å²) in [6.45, 7) is 3.90. The van der Waals surface area contributed by atoms with Crippen LogP contribution in [0.5, 0.6) is 11.5 Å². The number of hydrogen-bond donors (Lipinski definition) is 1. The lowest BCUT2D eigenvalue weighted by Crippen LogP contribution is -2.47.